The number of carbonyl (C=O) groups is 1. The first-order chi connectivity index (χ1) is 17.3. The van der Waals surface area contributed by atoms with Crippen LogP contribution < -0.4 is 4.90 Å². The van der Waals surface area contributed by atoms with Gasteiger partial charge in [-0.3, -0.25) is 4.79 Å². The summed E-state index contributed by atoms with van der Waals surface area (Å²) >= 11 is 0. The molecule has 1 aliphatic heterocycles. The molecule has 8 nitrogen and oxygen atoms in total. The molecule has 1 N–H and O–H groups in total. The molecule has 1 saturated heterocycles. The van der Waals surface area contributed by atoms with Crippen LogP contribution >= 0.6 is 0 Å². The van der Waals surface area contributed by atoms with Crippen molar-refractivity contribution in [2.45, 2.75) is 44.9 Å². The van der Waals surface area contributed by atoms with Crippen molar-refractivity contribution in [3.8, 4) is 11.1 Å². The molecule has 1 aliphatic rings. The van der Waals surface area contributed by atoms with E-state index < -0.39 is 24.0 Å². The lowest BCUT2D eigenvalue weighted by molar-refractivity contribution is -0.136. The number of carboxylic acid groups (broad SMARTS) is 1. The number of benzene rings is 2. The molecule has 10 heteroatoms. The van der Waals surface area contributed by atoms with Gasteiger partial charge in [0.05, 0.1) is 11.9 Å². The number of carboxylic acids is 1. The van der Waals surface area contributed by atoms with Gasteiger partial charge in [0.15, 0.2) is 5.82 Å². The Balaban J connectivity index is 1.44. The first-order valence-corrected chi connectivity index (χ1v) is 11.8. The molecule has 0 atom stereocenters. The predicted molar refractivity (Wildman–Crippen MR) is 129 cm³/mol. The molecule has 0 aliphatic carbocycles. The number of rotatable bonds is 6. The van der Waals surface area contributed by atoms with Gasteiger partial charge in [0.25, 0.3) is 0 Å². The lowest BCUT2D eigenvalue weighted by Gasteiger charge is -2.32. The summed E-state index contributed by atoms with van der Waals surface area (Å²) < 4.78 is 34.8. The second kappa shape index (κ2) is 9.60. The summed E-state index contributed by atoms with van der Waals surface area (Å²) in [6, 6.07) is 6.90. The summed E-state index contributed by atoms with van der Waals surface area (Å²) in [5.41, 5.74) is 1.38. The minimum Gasteiger partial charge on any atom is -0.481 e. The smallest absolute Gasteiger partial charge is 0.307 e. The van der Waals surface area contributed by atoms with E-state index in [1.807, 2.05) is 13.8 Å². The van der Waals surface area contributed by atoms with Crippen LogP contribution in [0.3, 0.4) is 0 Å². The summed E-state index contributed by atoms with van der Waals surface area (Å²) in [7, 11) is 0. The fourth-order valence-electron chi connectivity index (χ4n) is 4.60. The van der Waals surface area contributed by atoms with Crippen LogP contribution in [0.5, 0.6) is 0 Å². The number of aromatic nitrogens is 4. The third-order valence-corrected chi connectivity index (χ3v) is 6.51. The number of piperidine rings is 1. The van der Waals surface area contributed by atoms with E-state index in [0.717, 1.165) is 12.8 Å². The number of hydrogen-bond donors (Lipinski definition) is 1. The van der Waals surface area contributed by atoms with Gasteiger partial charge in [-0.05, 0) is 42.2 Å². The Morgan fingerprint density at radius 2 is 1.94 bits per heavy atom. The van der Waals surface area contributed by atoms with Gasteiger partial charge < -0.3 is 14.5 Å². The Labute approximate surface area is 206 Å². The van der Waals surface area contributed by atoms with Gasteiger partial charge in [0, 0.05) is 35.9 Å². The Morgan fingerprint density at radius 3 is 2.61 bits per heavy atom. The van der Waals surface area contributed by atoms with Crippen LogP contribution in [0.15, 0.2) is 41.2 Å². The first kappa shape index (κ1) is 23.8. The molecular weight excluding hydrogens is 468 g/mol. The Bertz CT molecular complexity index is 1430. The highest BCUT2D eigenvalue weighted by Crippen LogP contribution is 2.36. The van der Waals surface area contributed by atoms with Crippen molar-refractivity contribution in [2.75, 3.05) is 18.0 Å². The van der Waals surface area contributed by atoms with Gasteiger partial charge in [-0.25, -0.2) is 18.7 Å². The van der Waals surface area contributed by atoms with Crippen LogP contribution in [0.2, 0.25) is 0 Å². The van der Waals surface area contributed by atoms with Crippen LogP contribution in [-0.2, 0) is 11.2 Å². The van der Waals surface area contributed by atoms with Crippen LogP contribution in [0.25, 0.3) is 22.0 Å². The summed E-state index contributed by atoms with van der Waals surface area (Å²) in [6.45, 7) is 5.37. The lowest BCUT2D eigenvalue weighted by atomic mass is 9.96. The predicted octanol–water partition coefficient (Wildman–Crippen LogP) is 5.09. The van der Waals surface area contributed by atoms with Crippen molar-refractivity contribution in [3.63, 3.8) is 0 Å². The average molecular weight is 494 g/mol. The van der Waals surface area contributed by atoms with E-state index in [1.165, 1.54) is 30.6 Å². The largest absolute Gasteiger partial charge is 0.481 e. The molecule has 4 aromatic rings. The molecule has 0 bridgehead atoms. The van der Waals surface area contributed by atoms with Crippen molar-refractivity contribution in [3.05, 3.63) is 65.6 Å². The van der Waals surface area contributed by atoms with Gasteiger partial charge in [0.1, 0.15) is 23.8 Å². The number of nitrogens with zero attached hydrogens (tertiary/aromatic N) is 5. The van der Waals surface area contributed by atoms with Crippen LogP contribution in [-0.4, -0.2) is 44.3 Å². The molecule has 0 saturated carbocycles. The zero-order valence-electron chi connectivity index (χ0n) is 19.9. The monoisotopic (exact) mass is 493 g/mol. The minimum absolute atomic E-state index is 0.0620. The summed E-state index contributed by atoms with van der Waals surface area (Å²) in [6.07, 6.45) is 2.56. The molecule has 3 heterocycles. The van der Waals surface area contributed by atoms with E-state index in [2.05, 4.69) is 25.0 Å². The second-order valence-electron chi connectivity index (χ2n) is 9.33. The second-order valence-corrected chi connectivity index (χ2v) is 9.33. The highest BCUT2D eigenvalue weighted by molar-refractivity contribution is 5.99. The molecule has 186 valence electrons. The van der Waals surface area contributed by atoms with Crippen LogP contribution in [0.4, 0.5) is 14.6 Å². The van der Waals surface area contributed by atoms with E-state index >= 15 is 0 Å². The number of anilines is 1. The maximum absolute atomic E-state index is 14.8. The third-order valence-electron chi connectivity index (χ3n) is 6.51. The minimum atomic E-state index is -1.13. The van der Waals surface area contributed by atoms with E-state index in [4.69, 9.17) is 9.63 Å². The highest BCUT2D eigenvalue weighted by atomic mass is 19.1. The maximum atomic E-state index is 14.8. The maximum Gasteiger partial charge on any atom is 0.307 e. The zero-order valence-corrected chi connectivity index (χ0v) is 19.9. The van der Waals surface area contributed by atoms with Crippen LogP contribution in [0, 0.1) is 11.6 Å². The normalized spacial score (nSPS) is 14.6. The summed E-state index contributed by atoms with van der Waals surface area (Å²) in [5, 5.41) is 13.6. The Morgan fingerprint density at radius 1 is 1.17 bits per heavy atom. The molecule has 36 heavy (non-hydrogen) atoms. The Kier molecular flexibility index (Phi) is 6.34. The topological polar surface area (TPSA) is 105 Å². The van der Waals surface area contributed by atoms with Crippen molar-refractivity contribution in [1.29, 1.82) is 0 Å². The highest BCUT2D eigenvalue weighted by Gasteiger charge is 2.27. The van der Waals surface area contributed by atoms with Crippen molar-refractivity contribution >= 4 is 22.7 Å². The molecule has 0 spiro atoms. The fraction of sp³-hybridized carbons (Fsp3) is 0.346. The quantitative estimate of drug-likeness (QED) is 0.396. The summed E-state index contributed by atoms with van der Waals surface area (Å²) in [4.78, 5) is 26.4. The van der Waals surface area contributed by atoms with Crippen LogP contribution in [0.1, 0.15) is 55.8 Å². The molecule has 0 radical (unpaired) electrons. The molecule has 1 fully saturated rings. The van der Waals surface area contributed by atoms with Crippen molar-refractivity contribution in [1.82, 2.24) is 20.1 Å². The number of aliphatic carboxylic acids is 1. The number of fused-ring (bicyclic) bond motifs is 1. The van der Waals surface area contributed by atoms with E-state index in [0.29, 0.717) is 52.7 Å². The lowest BCUT2D eigenvalue weighted by Crippen LogP contribution is -2.33. The van der Waals surface area contributed by atoms with Gasteiger partial charge >= 0.3 is 5.97 Å². The number of halogens is 2. The Hall–Kier alpha value is -3.95. The zero-order chi connectivity index (χ0) is 25.4. The SMILES string of the molecule is CC(C)c1noc(C2CCN(c3ncnc4c(-c5ccc(CC(=O)O)c(F)c5)cc(F)cc34)CC2)n1. The van der Waals surface area contributed by atoms with Gasteiger partial charge in [-0.15, -0.1) is 0 Å². The average Bonchev–Trinajstić information content (AvgIpc) is 3.35. The van der Waals surface area contributed by atoms with Crippen molar-refractivity contribution < 1.29 is 23.2 Å². The summed E-state index contributed by atoms with van der Waals surface area (Å²) in [5.74, 6) is 0.0111. The molecule has 2 aromatic heterocycles. The van der Waals surface area contributed by atoms with Gasteiger partial charge in [0.2, 0.25) is 5.89 Å². The molecule has 0 amide bonds. The van der Waals surface area contributed by atoms with E-state index in [1.54, 1.807) is 6.07 Å². The third kappa shape index (κ3) is 4.62. The standard InChI is InChI=1S/C26H25F2N5O3/c1-14(2)24-31-26(36-32-24)15-5-7-33(8-6-15)25-20-12-18(27)11-19(23(20)29-13-30-25)16-3-4-17(10-22(34)35)21(28)9-16/h3-4,9,11-15H,5-8,10H2,1-2H3,(H,34,35). The van der Waals surface area contributed by atoms with Crippen molar-refractivity contribution in [2.24, 2.45) is 0 Å². The first-order valence-electron chi connectivity index (χ1n) is 11.8. The fourth-order valence-corrected chi connectivity index (χ4v) is 4.60. The molecular formula is C26H25F2N5O3. The molecule has 2 aromatic carbocycles. The number of hydrogen-bond acceptors (Lipinski definition) is 7. The molecule has 5 rings (SSSR count). The molecule has 0 unspecified atom stereocenters. The van der Waals surface area contributed by atoms with Gasteiger partial charge in [-0.2, -0.15) is 4.98 Å². The van der Waals surface area contributed by atoms with E-state index in [-0.39, 0.29) is 17.4 Å². The van der Waals surface area contributed by atoms with E-state index in [9.17, 15) is 13.6 Å². The van der Waals surface area contributed by atoms with Gasteiger partial charge in [-0.1, -0.05) is 31.1 Å².